The van der Waals surface area contributed by atoms with E-state index >= 15 is 0 Å². The van der Waals surface area contributed by atoms with Gasteiger partial charge in [0.1, 0.15) is 11.8 Å². The summed E-state index contributed by atoms with van der Waals surface area (Å²) < 4.78 is 0. The predicted molar refractivity (Wildman–Crippen MR) is 74.4 cm³/mol. The van der Waals surface area contributed by atoms with Crippen LogP contribution in [-0.2, 0) is 0 Å². The first-order valence-electron chi connectivity index (χ1n) is 5.59. The molecule has 0 atom stereocenters. The highest BCUT2D eigenvalue weighted by Crippen LogP contribution is 2.33. The number of benzene rings is 1. The Hall–Kier alpha value is -2.91. The maximum atomic E-state index is 12.2. The van der Waals surface area contributed by atoms with Crippen LogP contribution in [-0.4, -0.2) is 11.5 Å². The Labute approximate surface area is 111 Å². The number of carbonyl (C=O) groups is 1. The zero-order valence-electron chi connectivity index (χ0n) is 10.4. The number of ketones is 1. The number of hydrogen-bond donors (Lipinski definition) is 0. The third kappa shape index (κ3) is 1.99. The Kier molecular flexibility index (Phi) is 3.14. The molecule has 0 heterocycles. The smallest absolute Gasteiger partial charge is 0.212 e. The van der Waals surface area contributed by atoms with Gasteiger partial charge in [-0.2, -0.15) is 5.26 Å². The van der Waals surface area contributed by atoms with E-state index in [0.717, 1.165) is 11.1 Å². The lowest BCUT2D eigenvalue weighted by atomic mass is 10.1. The molecule has 0 amide bonds. The SMILES string of the molecule is C#CC(=C)/C(C#N)=N\C1=C(C)c2ccccc2C1=O. The Bertz CT molecular complexity index is 737. The molecule has 0 saturated heterocycles. The first-order chi connectivity index (χ1) is 9.10. The second kappa shape index (κ2) is 4.76. The van der Waals surface area contributed by atoms with Gasteiger partial charge in [0, 0.05) is 5.56 Å². The minimum Gasteiger partial charge on any atom is -0.287 e. The molecule has 3 nitrogen and oxygen atoms in total. The summed E-state index contributed by atoms with van der Waals surface area (Å²) in [6.45, 7) is 5.36. The van der Waals surface area contributed by atoms with Crippen LogP contribution in [0.25, 0.3) is 5.57 Å². The summed E-state index contributed by atoms with van der Waals surface area (Å²) in [7, 11) is 0. The highest BCUT2D eigenvalue weighted by Gasteiger charge is 2.27. The van der Waals surface area contributed by atoms with Crippen LogP contribution in [0.15, 0.2) is 47.1 Å². The van der Waals surface area contributed by atoms with Gasteiger partial charge in [-0.15, -0.1) is 6.42 Å². The normalized spacial score (nSPS) is 13.8. The van der Waals surface area contributed by atoms with Crippen molar-refractivity contribution in [2.24, 2.45) is 4.99 Å². The molecule has 0 aromatic heterocycles. The lowest BCUT2D eigenvalue weighted by Gasteiger charge is -1.97. The Morgan fingerprint density at radius 2 is 2.00 bits per heavy atom. The fraction of sp³-hybridized carbons (Fsp3) is 0.0625. The molecule has 1 aliphatic carbocycles. The van der Waals surface area contributed by atoms with E-state index in [1.54, 1.807) is 19.1 Å². The molecule has 0 fully saturated rings. The Morgan fingerprint density at radius 3 is 2.53 bits per heavy atom. The second-order valence-corrected chi connectivity index (χ2v) is 4.04. The third-order valence-electron chi connectivity index (χ3n) is 2.94. The van der Waals surface area contributed by atoms with E-state index in [4.69, 9.17) is 11.7 Å². The minimum absolute atomic E-state index is 0.00185. The molecule has 1 aromatic rings. The zero-order chi connectivity index (χ0) is 14.0. The van der Waals surface area contributed by atoms with Crippen LogP contribution in [0, 0.1) is 23.7 Å². The van der Waals surface area contributed by atoms with Gasteiger partial charge in [0.05, 0.1) is 5.57 Å². The topological polar surface area (TPSA) is 53.2 Å². The number of fused-ring (bicyclic) bond motifs is 1. The number of nitrogens with zero attached hydrogens (tertiary/aromatic N) is 2. The molecule has 0 radical (unpaired) electrons. The quantitative estimate of drug-likeness (QED) is 0.595. The monoisotopic (exact) mass is 246 g/mol. The summed E-state index contributed by atoms with van der Waals surface area (Å²) in [6, 6.07) is 9.11. The van der Waals surface area contributed by atoms with E-state index in [1.165, 1.54) is 0 Å². The van der Waals surface area contributed by atoms with Crippen LogP contribution in [0.2, 0.25) is 0 Å². The Morgan fingerprint density at radius 1 is 1.37 bits per heavy atom. The first kappa shape index (κ1) is 12.5. The van der Waals surface area contributed by atoms with Gasteiger partial charge in [-0.3, -0.25) is 4.79 Å². The zero-order valence-corrected chi connectivity index (χ0v) is 10.4. The highest BCUT2D eigenvalue weighted by atomic mass is 16.1. The third-order valence-corrected chi connectivity index (χ3v) is 2.94. The molecule has 0 saturated carbocycles. The average molecular weight is 246 g/mol. The van der Waals surface area contributed by atoms with Crippen molar-refractivity contribution in [2.45, 2.75) is 6.92 Å². The number of carbonyl (C=O) groups excluding carboxylic acids is 1. The molecule has 1 aromatic carbocycles. The van der Waals surface area contributed by atoms with Gasteiger partial charge < -0.3 is 0 Å². The van der Waals surface area contributed by atoms with Crippen LogP contribution in [0.1, 0.15) is 22.8 Å². The van der Waals surface area contributed by atoms with E-state index in [-0.39, 0.29) is 22.8 Å². The van der Waals surface area contributed by atoms with Crippen LogP contribution >= 0.6 is 0 Å². The second-order valence-electron chi connectivity index (χ2n) is 4.04. The summed E-state index contributed by atoms with van der Waals surface area (Å²) in [6.07, 6.45) is 5.19. The lowest BCUT2D eigenvalue weighted by Crippen LogP contribution is -2.02. The van der Waals surface area contributed by atoms with Crippen molar-refractivity contribution in [3.8, 4) is 18.4 Å². The fourth-order valence-electron chi connectivity index (χ4n) is 1.91. The summed E-state index contributed by atoms with van der Waals surface area (Å²) in [5, 5.41) is 9.01. The lowest BCUT2D eigenvalue weighted by molar-refractivity contribution is 0.103. The van der Waals surface area contributed by atoms with Crippen LogP contribution in [0.4, 0.5) is 0 Å². The van der Waals surface area contributed by atoms with Crippen LogP contribution in [0.5, 0.6) is 0 Å². The molecule has 3 heteroatoms. The number of hydrogen-bond acceptors (Lipinski definition) is 3. The van der Waals surface area contributed by atoms with Gasteiger partial charge in [-0.25, -0.2) is 4.99 Å². The Balaban J connectivity index is 2.56. The van der Waals surface area contributed by atoms with Gasteiger partial charge in [0.2, 0.25) is 5.78 Å². The van der Waals surface area contributed by atoms with Crippen LogP contribution in [0.3, 0.4) is 0 Å². The maximum absolute atomic E-state index is 12.2. The van der Waals surface area contributed by atoms with E-state index in [0.29, 0.717) is 5.56 Å². The van der Waals surface area contributed by atoms with E-state index in [2.05, 4.69) is 17.5 Å². The molecule has 0 bridgehead atoms. The molecular weight excluding hydrogens is 236 g/mol. The molecule has 0 spiro atoms. The summed E-state index contributed by atoms with van der Waals surface area (Å²) >= 11 is 0. The maximum Gasteiger partial charge on any atom is 0.212 e. The van der Waals surface area contributed by atoms with E-state index in [1.807, 2.05) is 18.2 Å². The molecule has 90 valence electrons. The number of Topliss-reactive ketones (excluding diaryl/α,β-unsaturated/α-hetero) is 1. The summed E-state index contributed by atoms with van der Waals surface area (Å²) in [4.78, 5) is 16.3. The van der Waals surface area contributed by atoms with Gasteiger partial charge in [0.25, 0.3) is 0 Å². The van der Waals surface area contributed by atoms with Gasteiger partial charge in [0.15, 0.2) is 5.71 Å². The van der Waals surface area contributed by atoms with Crippen LogP contribution < -0.4 is 0 Å². The number of nitriles is 1. The van der Waals surface area contributed by atoms with Crippen molar-refractivity contribution < 1.29 is 4.79 Å². The first-order valence-corrected chi connectivity index (χ1v) is 5.59. The molecule has 1 aliphatic rings. The molecule has 19 heavy (non-hydrogen) atoms. The van der Waals surface area contributed by atoms with E-state index < -0.39 is 0 Å². The highest BCUT2D eigenvalue weighted by molar-refractivity contribution is 6.23. The van der Waals surface area contributed by atoms with Crippen molar-refractivity contribution in [3.05, 3.63) is 53.2 Å². The standard InChI is InChI=1S/C16H10N2O/c1-4-10(2)14(9-17)18-15-11(3)12-7-5-6-8-13(12)16(15)19/h1,5-8H,2H2,3H3/b18-14-. The van der Waals surface area contributed by atoms with Crippen molar-refractivity contribution in [1.82, 2.24) is 0 Å². The number of rotatable bonds is 2. The van der Waals surface area contributed by atoms with Crippen molar-refractivity contribution in [3.63, 3.8) is 0 Å². The van der Waals surface area contributed by atoms with Gasteiger partial charge in [-0.1, -0.05) is 36.8 Å². The number of aliphatic imine (C=N–C) groups is 1. The van der Waals surface area contributed by atoms with Gasteiger partial charge in [-0.05, 0) is 18.1 Å². The summed E-state index contributed by atoms with van der Waals surface area (Å²) in [5.74, 6) is 2.07. The largest absolute Gasteiger partial charge is 0.287 e. The molecule has 2 rings (SSSR count). The average Bonchev–Trinajstić information content (AvgIpc) is 2.68. The fourth-order valence-corrected chi connectivity index (χ4v) is 1.91. The summed E-state index contributed by atoms with van der Waals surface area (Å²) in [5.41, 5.74) is 2.62. The number of allylic oxidation sites excluding steroid dienone is 3. The molecule has 0 N–H and O–H groups in total. The van der Waals surface area contributed by atoms with Crippen molar-refractivity contribution >= 4 is 17.1 Å². The van der Waals surface area contributed by atoms with Gasteiger partial charge >= 0.3 is 0 Å². The predicted octanol–water partition coefficient (Wildman–Crippen LogP) is 2.77. The minimum atomic E-state index is -0.189. The molecule has 0 aliphatic heterocycles. The number of terminal acetylenes is 1. The van der Waals surface area contributed by atoms with E-state index in [9.17, 15) is 4.79 Å². The molecule has 0 unspecified atom stereocenters. The molecular formula is C16H10N2O. The van der Waals surface area contributed by atoms with Crippen molar-refractivity contribution in [1.29, 1.82) is 5.26 Å². The van der Waals surface area contributed by atoms with Crippen molar-refractivity contribution in [2.75, 3.05) is 0 Å².